The van der Waals surface area contributed by atoms with Gasteiger partial charge < -0.3 is 10.8 Å². The maximum atomic E-state index is 9.81. The molecule has 1 fully saturated rings. The number of benzene rings is 1. The van der Waals surface area contributed by atoms with E-state index in [0.717, 1.165) is 10.0 Å². The van der Waals surface area contributed by atoms with Gasteiger partial charge in [-0.05, 0) is 40.8 Å². The molecule has 0 heterocycles. The Bertz CT molecular complexity index is 341. The third kappa shape index (κ3) is 2.47. The Hall–Kier alpha value is -0.250. The van der Waals surface area contributed by atoms with E-state index >= 15 is 0 Å². The lowest BCUT2D eigenvalue weighted by atomic mass is 9.77. The van der Waals surface area contributed by atoms with E-state index in [9.17, 15) is 5.11 Å². The van der Waals surface area contributed by atoms with Crippen LogP contribution in [-0.2, 0) is 0 Å². The lowest BCUT2D eigenvalue weighted by Crippen LogP contribution is -2.26. The highest BCUT2D eigenvalue weighted by Crippen LogP contribution is 2.40. The Labute approximate surface area is 104 Å². The fraction of sp³-hybridized carbons (Fsp3) is 0.455. The van der Waals surface area contributed by atoms with Crippen LogP contribution in [0.1, 0.15) is 30.9 Å². The predicted molar refractivity (Wildman–Crippen MR) is 67.3 cm³/mol. The first kappa shape index (κ1) is 12.8. The van der Waals surface area contributed by atoms with Gasteiger partial charge in [0, 0.05) is 11.6 Å². The molecule has 4 heteroatoms. The van der Waals surface area contributed by atoms with Gasteiger partial charge in [0.05, 0.1) is 4.47 Å². The van der Waals surface area contributed by atoms with Crippen molar-refractivity contribution in [1.82, 2.24) is 0 Å². The molecule has 0 unspecified atom stereocenters. The fourth-order valence-electron chi connectivity index (χ4n) is 1.85. The fourth-order valence-corrected chi connectivity index (χ4v) is 2.24. The summed E-state index contributed by atoms with van der Waals surface area (Å²) >= 11 is 3.30. The second kappa shape index (κ2) is 5.19. The van der Waals surface area contributed by atoms with Crippen molar-refractivity contribution >= 4 is 28.3 Å². The van der Waals surface area contributed by atoms with Crippen LogP contribution < -0.4 is 5.73 Å². The summed E-state index contributed by atoms with van der Waals surface area (Å²) in [6.07, 6.45) is 3.65. The topological polar surface area (TPSA) is 46.2 Å². The molecule has 15 heavy (non-hydrogen) atoms. The molecule has 1 aromatic rings. The number of phenolic OH excluding ortho intramolecular Hbond substituents is 1. The third-order valence-corrected chi connectivity index (χ3v) is 3.67. The monoisotopic (exact) mass is 291 g/mol. The number of hydrogen-bond acceptors (Lipinski definition) is 2. The van der Waals surface area contributed by atoms with Gasteiger partial charge in [-0.25, -0.2) is 0 Å². The summed E-state index contributed by atoms with van der Waals surface area (Å²) in [5, 5.41) is 9.81. The molecule has 1 aliphatic rings. The summed E-state index contributed by atoms with van der Waals surface area (Å²) in [7, 11) is 0. The highest BCUT2D eigenvalue weighted by Gasteiger charge is 2.27. The second-order valence-corrected chi connectivity index (χ2v) is 4.75. The zero-order chi connectivity index (χ0) is 10.1. The molecule has 84 valence electrons. The van der Waals surface area contributed by atoms with Gasteiger partial charge >= 0.3 is 0 Å². The van der Waals surface area contributed by atoms with E-state index in [1.807, 2.05) is 18.2 Å². The third-order valence-electron chi connectivity index (χ3n) is 3.03. The van der Waals surface area contributed by atoms with Crippen LogP contribution >= 0.6 is 28.3 Å². The first-order chi connectivity index (χ1) is 6.70. The number of aromatic hydroxyl groups is 1. The Morgan fingerprint density at radius 3 is 2.60 bits per heavy atom. The summed E-state index contributed by atoms with van der Waals surface area (Å²) < 4.78 is 0.727. The molecule has 2 nitrogen and oxygen atoms in total. The zero-order valence-corrected chi connectivity index (χ0v) is 10.7. The summed E-state index contributed by atoms with van der Waals surface area (Å²) in [5.74, 6) is 0.849. The number of halogens is 2. The zero-order valence-electron chi connectivity index (χ0n) is 8.32. The SMILES string of the molecule is Cl.N[C@@H](c1cccc(Br)c1O)C1CCC1. The van der Waals surface area contributed by atoms with Gasteiger partial charge in [0.15, 0.2) is 0 Å². The molecule has 1 aliphatic carbocycles. The molecule has 2 rings (SSSR count). The van der Waals surface area contributed by atoms with Gasteiger partial charge in [0.2, 0.25) is 0 Å². The van der Waals surface area contributed by atoms with Crippen molar-refractivity contribution < 1.29 is 5.11 Å². The minimum absolute atomic E-state index is 0. The van der Waals surface area contributed by atoms with E-state index in [0.29, 0.717) is 11.7 Å². The van der Waals surface area contributed by atoms with Gasteiger partial charge in [-0.15, -0.1) is 12.4 Å². The number of rotatable bonds is 2. The lowest BCUT2D eigenvalue weighted by Gasteiger charge is -2.31. The molecule has 0 radical (unpaired) electrons. The summed E-state index contributed by atoms with van der Waals surface area (Å²) in [5.41, 5.74) is 6.95. The highest BCUT2D eigenvalue weighted by atomic mass is 79.9. The van der Waals surface area contributed by atoms with Crippen LogP contribution in [0.15, 0.2) is 22.7 Å². The lowest BCUT2D eigenvalue weighted by molar-refractivity contribution is 0.260. The molecule has 0 spiro atoms. The quantitative estimate of drug-likeness (QED) is 0.878. The maximum absolute atomic E-state index is 9.81. The Kier molecular flexibility index (Phi) is 4.44. The van der Waals surface area contributed by atoms with E-state index in [1.165, 1.54) is 19.3 Å². The van der Waals surface area contributed by atoms with Gasteiger partial charge in [-0.3, -0.25) is 0 Å². The van der Waals surface area contributed by atoms with E-state index < -0.39 is 0 Å². The van der Waals surface area contributed by atoms with E-state index in [-0.39, 0.29) is 18.4 Å². The van der Waals surface area contributed by atoms with Crippen LogP contribution in [0.25, 0.3) is 0 Å². The average Bonchev–Trinajstić information content (AvgIpc) is 2.06. The second-order valence-electron chi connectivity index (χ2n) is 3.89. The Morgan fingerprint density at radius 2 is 2.07 bits per heavy atom. The van der Waals surface area contributed by atoms with Crippen LogP contribution in [0.5, 0.6) is 5.75 Å². The van der Waals surface area contributed by atoms with Crippen LogP contribution in [-0.4, -0.2) is 5.11 Å². The number of para-hydroxylation sites is 1. The van der Waals surface area contributed by atoms with Crippen molar-refractivity contribution in [2.45, 2.75) is 25.3 Å². The van der Waals surface area contributed by atoms with Crippen molar-refractivity contribution in [2.24, 2.45) is 11.7 Å². The molecule has 0 aromatic heterocycles. The van der Waals surface area contributed by atoms with Crippen molar-refractivity contribution in [3.05, 3.63) is 28.2 Å². The molecule has 0 bridgehead atoms. The molecule has 3 N–H and O–H groups in total. The van der Waals surface area contributed by atoms with Gasteiger partial charge in [-0.2, -0.15) is 0 Å². The molecular weight excluding hydrogens is 277 g/mol. The van der Waals surface area contributed by atoms with Crippen molar-refractivity contribution in [3.63, 3.8) is 0 Å². The summed E-state index contributed by atoms with van der Waals surface area (Å²) in [4.78, 5) is 0. The van der Waals surface area contributed by atoms with Crippen LogP contribution in [0.4, 0.5) is 0 Å². The number of hydrogen-bond donors (Lipinski definition) is 2. The molecule has 1 saturated carbocycles. The number of nitrogens with two attached hydrogens (primary N) is 1. The molecule has 1 atom stereocenters. The van der Waals surface area contributed by atoms with Gasteiger partial charge in [0.1, 0.15) is 5.75 Å². The highest BCUT2D eigenvalue weighted by molar-refractivity contribution is 9.10. The normalized spacial score (nSPS) is 17.7. The largest absolute Gasteiger partial charge is 0.506 e. The van der Waals surface area contributed by atoms with Crippen molar-refractivity contribution in [1.29, 1.82) is 0 Å². The van der Waals surface area contributed by atoms with Gasteiger partial charge in [0.25, 0.3) is 0 Å². The minimum atomic E-state index is -0.0127. The molecule has 0 aliphatic heterocycles. The molecule has 0 amide bonds. The smallest absolute Gasteiger partial charge is 0.134 e. The van der Waals surface area contributed by atoms with Crippen LogP contribution in [0, 0.1) is 5.92 Å². The van der Waals surface area contributed by atoms with E-state index in [2.05, 4.69) is 15.9 Å². The Morgan fingerprint density at radius 1 is 1.40 bits per heavy atom. The number of phenols is 1. The molecular formula is C11H15BrClNO. The Balaban J connectivity index is 0.00000112. The minimum Gasteiger partial charge on any atom is -0.506 e. The van der Waals surface area contributed by atoms with Crippen LogP contribution in [0.3, 0.4) is 0 Å². The summed E-state index contributed by atoms with van der Waals surface area (Å²) in [6.45, 7) is 0. The van der Waals surface area contributed by atoms with E-state index in [4.69, 9.17) is 5.73 Å². The first-order valence-corrected chi connectivity index (χ1v) is 5.72. The molecule has 0 saturated heterocycles. The average molecular weight is 293 g/mol. The van der Waals surface area contributed by atoms with Crippen molar-refractivity contribution in [3.8, 4) is 5.75 Å². The molecule has 1 aromatic carbocycles. The van der Waals surface area contributed by atoms with E-state index in [1.54, 1.807) is 0 Å². The summed E-state index contributed by atoms with van der Waals surface area (Å²) in [6, 6.07) is 5.63. The van der Waals surface area contributed by atoms with Crippen molar-refractivity contribution in [2.75, 3.05) is 0 Å². The predicted octanol–water partition coefficient (Wildman–Crippen LogP) is 3.38. The maximum Gasteiger partial charge on any atom is 0.134 e. The first-order valence-electron chi connectivity index (χ1n) is 4.93. The van der Waals surface area contributed by atoms with Crippen LogP contribution in [0.2, 0.25) is 0 Å². The van der Waals surface area contributed by atoms with Gasteiger partial charge in [-0.1, -0.05) is 18.6 Å². The standard InChI is InChI=1S/C11H14BrNO.ClH/c12-9-6-2-5-8(11(9)14)10(13)7-3-1-4-7;/h2,5-7,10,14H,1,3-4,13H2;1H/t10-;/m1./s1.